The number of carboxylic acid groups (broad SMARTS) is 1. The first-order valence-electron chi connectivity index (χ1n) is 4.48. The van der Waals surface area contributed by atoms with Gasteiger partial charge in [-0.25, -0.2) is 9.78 Å². The van der Waals surface area contributed by atoms with Gasteiger partial charge in [-0.3, -0.25) is 0 Å². The van der Waals surface area contributed by atoms with Gasteiger partial charge in [-0.15, -0.1) is 0 Å². The third kappa shape index (κ3) is 3.73. The van der Waals surface area contributed by atoms with Gasteiger partial charge < -0.3 is 16.2 Å². The molecule has 0 aliphatic rings. The van der Waals surface area contributed by atoms with Crippen LogP contribution in [0.4, 0.5) is 5.82 Å². The number of nitrogens with one attached hydrogen (secondary N) is 1. The lowest BCUT2D eigenvalue weighted by molar-refractivity contribution is 0.0697. The Kier molecular flexibility index (Phi) is 4.33. The summed E-state index contributed by atoms with van der Waals surface area (Å²) in [5.41, 5.74) is 5.44. The average molecular weight is 230 g/mol. The van der Waals surface area contributed by atoms with Crippen molar-refractivity contribution >= 4 is 23.4 Å². The van der Waals surface area contributed by atoms with Gasteiger partial charge in [-0.1, -0.05) is 11.6 Å². The van der Waals surface area contributed by atoms with Crippen molar-refractivity contribution in [2.45, 2.75) is 6.42 Å². The molecule has 0 amide bonds. The summed E-state index contributed by atoms with van der Waals surface area (Å²) >= 11 is 5.67. The van der Waals surface area contributed by atoms with Crippen molar-refractivity contribution in [3.05, 3.63) is 22.8 Å². The van der Waals surface area contributed by atoms with Gasteiger partial charge in [0.1, 0.15) is 11.0 Å². The molecule has 0 aliphatic carbocycles. The summed E-state index contributed by atoms with van der Waals surface area (Å²) in [6.07, 6.45) is 0.788. The number of anilines is 1. The third-order valence-electron chi connectivity index (χ3n) is 1.73. The van der Waals surface area contributed by atoms with Crippen molar-refractivity contribution in [1.82, 2.24) is 4.98 Å². The van der Waals surface area contributed by atoms with Crippen molar-refractivity contribution in [2.75, 3.05) is 18.4 Å². The van der Waals surface area contributed by atoms with E-state index in [1.165, 1.54) is 12.1 Å². The van der Waals surface area contributed by atoms with Crippen LogP contribution in [0.2, 0.25) is 5.15 Å². The standard InChI is InChI=1S/C9H12ClN3O2/c10-7-4-6(9(14)15)5-8(13-7)12-3-1-2-11/h4-5H,1-3,11H2,(H,12,13)(H,14,15). The van der Waals surface area contributed by atoms with Crippen LogP contribution in [-0.2, 0) is 0 Å². The number of hydrogen-bond acceptors (Lipinski definition) is 4. The normalized spacial score (nSPS) is 10.0. The molecule has 0 fully saturated rings. The summed E-state index contributed by atoms with van der Waals surface area (Å²) in [7, 11) is 0. The van der Waals surface area contributed by atoms with E-state index in [-0.39, 0.29) is 10.7 Å². The fourth-order valence-electron chi connectivity index (χ4n) is 1.03. The van der Waals surface area contributed by atoms with Crippen LogP contribution in [0.1, 0.15) is 16.8 Å². The molecule has 0 aromatic carbocycles. The largest absolute Gasteiger partial charge is 0.478 e. The van der Waals surface area contributed by atoms with Crippen LogP contribution in [0, 0.1) is 0 Å². The highest BCUT2D eigenvalue weighted by Gasteiger charge is 2.06. The van der Waals surface area contributed by atoms with E-state index in [2.05, 4.69) is 10.3 Å². The van der Waals surface area contributed by atoms with E-state index >= 15 is 0 Å². The predicted molar refractivity (Wildman–Crippen MR) is 58.4 cm³/mol. The average Bonchev–Trinajstić information content (AvgIpc) is 2.17. The van der Waals surface area contributed by atoms with Crippen molar-refractivity contribution < 1.29 is 9.90 Å². The predicted octanol–water partition coefficient (Wildman–Crippen LogP) is 1.19. The van der Waals surface area contributed by atoms with Crippen LogP contribution in [0.15, 0.2) is 12.1 Å². The highest BCUT2D eigenvalue weighted by molar-refractivity contribution is 6.29. The number of nitrogens with zero attached hydrogens (tertiary/aromatic N) is 1. The van der Waals surface area contributed by atoms with Gasteiger partial charge >= 0.3 is 5.97 Å². The second-order valence-corrected chi connectivity index (χ2v) is 3.33. The molecule has 15 heavy (non-hydrogen) atoms. The minimum atomic E-state index is -1.03. The topological polar surface area (TPSA) is 88.2 Å². The molecule has 5 nitrogen and oxygen atoms in total. The van der Waals surface area contributed by atoms with Gasteiger partial charge in [0.05, 0.1) is 5.56 Å². The fourth-order valence-corrected chi connectivity index (χ4v) is 1.24. The molecule has 4 N–H and O–H groups in total. The number of nitrogens with two attached hydrogens (primary N) is 1. The molecule has 0 saturated carbocycles. The maximum atomic E-state index is 10.7. The van der Waals surface area contributed by atoms with Gasteiger partial charge in [-0.05, 0) is 25.1 Å². The van der Waals surface area contributed by atoms with Crippen LogP contribution >= 0.6 is 11.6 Å². The molecule has 0 atom stereocenters. The molecule has 6 heteroatoms. The Hall–Kier alpha value is -1.33. The summed E-state index contributed by atoms with van der Waals surface area (Å²) in [6, 6.07) is 2.74. The Morgan fingerprint density at radius 3 is 2.93 bits per heavy atom. The second kappa shape index (κ2) is 5.53. The lowest BCUT2D eigenvalue weighted by Gasteiger charge is -2.05. The van der Waals surface area contributed by atoms with Gasteiger partial charge in [0, 0.05) is 6.54 Å². The molecule has 0 bridgehead atoms. The van der Waals surface area contributed by atoms with Crippen LogP contribution in [0.3, 0.4) is 0 Å². The summed E-state index contributed by atoms with van der Waals surface area (Å²) < 4.78 is 0. The van der Waals surface area contributed by atoms with Crippen LogP contribution < -0.4 is 11.1 Å². The molecule has 0 spiro atoms. The van der Waals surface area contributed by atoms with Crippen LogP contribution in [0.5, 0.6) is 0 Å². The molecule has 1 rings (SSSR count). The van der Waals surface area contributed by atoms with E-state index < -0.39 is 5.97 Å². The highest BCUT2D eigenvalue weighted by atomic mass is 35.5. The zero-order valence-electron chi connectivity index (χ0n) is 8.03. The van der Waals surface area contributed by atoms with Crippen molar-refractivity contribution in [3.8, 4) is 0 Å². The van der Waals surface area contributed by atoms with E-state index in [0.29, 0.717) is 18.9 Å². The summed E-state index contributed by atoms with van der Waals surface area (Å²) in [6.45, 7) is 1.21. The monoisotopic (exact) mass is 229 g/mol. The quantitative estimate of drug-likeness (QED) is 0.522. The smallest absolute Gasteiger partial charge is 0.335 e. The number of aromatic nitrogens is 1. The summed E-state index contributed by atoms with van der Waals surface area (Å²) in [4.78, 5) is 14.6. The van der Waals surface area contributed by atoms with Gasteiger partial charge in [0.25, 0.3) is 0 Å². The number of carbonyl (C=O) groups is 1. The Labute approximate surface area is 92.3 Å². The van der Waals surface area contributed by atoms with E-state index in [1.807, 2.05) is 0 Å². The van der Waals surface area contributed by atoms with Crippen molar-refractivity contribution in [1.29, 1.82) is 0 Å². The number of pyridine rings is 1. The molecule has 0 saturated heterocycles. The molecular formula is C9H12ClN3O2. The van der Waals surface area contributed by atoms with Crippen LogP contribution in [-0.4, -0.2) is 29.1 Å². The van der Waals surface area contributed by atoms with E-state index in [4.69, 9.17) is 22.4 Å². The first-order valence-corrected chi connectivity index (χ1v) is 4.86. The first kappa shape index (κ1) is 11.7. The molecular weight excluding hydrogens is 218 g/mol. The number of aromatic carboxylic acids is 1. The fraction of sp³-hybridized carbons (Fsp3) is 0.333. The minimum absolute atomic E-state index is 0.116. The zero-order valence-corrected chi connectivity index (χ0v) is 8.79. The lowest BCUT2D eigenvalue weighted by Crippen LogP contribution is -2.10. The number of carboxylic acids is 1. The Morgan fingerprint density at radius 1 is 1.60 bits per heavy atom. The lowest BCUT2D eigenvalue weighted by atomic mass is 10.2. The van der Waals surface area contributed by atoms with E-state index in [9.17, 15) is 4.79 Å². The molecule has 0 radical (unpaired) electrons. The highest BCUT2D eigenvalue weighted by Crippen LogP contribution is 2.14. The summed E-state index contributed by atoms with van der Waals surface area (Å²) in [5, 5.41) is 11.9. The molecule has 0 unspecified atom stereocenters. The van der Waals surface area contributed by atoms with E-state index in [0.717, 1.165) is 6.42 Å². The maximum Gasteiger partial charge on any atom is 0.335 e. The van der Waals surface area contributed by atoms with Gasteiger partial charge in [0.15, 0.2) is 0 Å². The SMILES string of the molecule is NCCCNc1cc(C(=O)O)cc(Cl)n1. The maximum absolute atomic E-state index is 10.7. The Morgan fingerprint density at radius 2 is 2.33 bits per heavy atom. The summed E-state index contributed by atoms with van der Waals surface area (Å²) in [5.74, 6) is -0.575. The number of rotatable bonds is 5. The van der Waals surface area contributed by atoms with Gasteiger partial charge in [0.2, 0.25) is 0 Å². The number of hydrogen-bond donors (Lipinski definition) is 3. The number of halogens is 1. The van der Waals surface area contributed by atoms with Crippen LogP contribution in [0.25, 0.3) is 0 Å². The Balaban J connectivity index is 2.75. The zero-order chi connectivity index (χ0) is 11.3. The first-order chi connectivity index (χ1) is 7.13. The molecule has 1 aromatic rings. The second-order valence-electron chi connectivity index (χ2n) is 2.94. The van der Waals surface area contributed by atoms with Gasteiger partial charge in [-0.2, -0.15) is 0 Å². The third-order valence-corrected chi connectivity index (χ3v) is 1.92. The Bertz CT molecular complexity index is 357. The molecule has 82 valence electrons. The van der Waals surface area contributed by atoms with Crippen molar-refractivity contribution in [3.63, 3.8) is 0 Å². The van der Waals surface area contributed by atoms with E-state index in [1.54, 1.807) is 0 Å². The van der Waals surface area contributed by atoms with Crippen molar-refractivity contribution in [2.24, 2.45) is 5.73 Å². The molecule has 1 heterocycles. The molecule has 1 aromatic heterocycles. The molecule has 0 aliphatic heterocycles. The minimum Gasteiger partial charge on any atom is -0.478 e.